The van der Waals surface area contributed by atoms with Crippen LogP contribution >= 0.6 is 0 Å². The fourth-order valence-electron chi connectivity index (χ4n) is 6.31. The number of amides is 3. The van der Waals surface area contributed by atoms with Crippen molar-refractivity contribution < 1.29 is 33.3 Å². The van der Waals surface area contributed by atoms with E-state index in [1.54, 1.807) is 36.2 Å². The molecule has 2 aromatic carbocycles. The predicted molar refractivity (Wildman–Crippen MR) is 184 cm³/mol. The van der Waals surface area contributed by atoms with Crippen LogP contribution in [0.1, 0.15) is 71.6 Å². The third-order valence-electron chi connectivity index (χ3n) is 8.95. The fourth-order valence-corrected chi connectivity index (χ4v) is 6.31. The van der Waals surface area contributed by atoms with Crippen LogP contribution in [0.3, 0.4) is 0 Å². The van der Waals surface area contributed by atoms with E-state index in [-0.39, 0.29) is 28.8 Å². The Morgan fingerprint density at radius 1 is 0.958 bits per heavy atom. The van der Waals surface area contributed by atoms with Crippen molar-refractivity contribution in [3.05, 3.63) is 45.6 Å². The smallest absolute Gasteiger partial charge is 0.410 e. The average Bonchev–Trinajstić information content (AvgIpc) is 3.29. The molecule has 0 bridgehead atoms. The third-order valence-corrected chi connectivity index (χ3v) is 8.95. The lowest BCUT2D eigenvalue weighted by Crippen LogP contribution is -2.55. The van der Waals surface area contributed by atoms with E-state index in [9.17, 15) is 19.2 Å². The lowest BCUT2D eigenvalue weighted by atomic mass is 9.95. The van der Waals surface area contributed by atoms with E-state index in [2.05, 4.69) is 10.6 Å². The van der Waals surface area contributed by atoms with Crippen molar-refractivity contribution in [2.24, 2.45) is 5.92 Å². The van der Waals surface area contributed by atoms with Gasteiger partial charge in [0.15, 0.2) is 11.5 Å². The Balaban J connectivity index is 1.73. The van der Waals surface area contributed by atoms with Gasteiger partial charge in [0.05, 0.1) is 33.1 Å². The lowest BCUT2D eigenvalue weighted by molar-refractivity contribution is -0.134. The van der Waals surface area contributed by atoms with Crippen LogP contribution in [0.15, 0.2) is 29.1 Å². The topological polar surface area (TPSA) is 136 Å². The number of benzene rings is 1. The van der Waals surface area contributed by atoms with Gasteiger partial charge in [-0.15, -0.1) is 0 Å². The number of rotatable bonds is 9. The minimum absolute atomic E-state index is 0.103. The Hall–Kier alpha value is -4.48. The Labute approximate surface area is 283 Å². The van der Waals surface area contributed by atoms with Crippen molar-refractivity contribution >= 4 is 23.6 Å². The van der Waals surface area contributed by atoms with Gasteiger partial charge in [-0.3, -0.25) is 14.4 Å². The zero-order valence-electron chi connectivity index (χ0n) is 29.7. The molecule has 12 heteroatoms. The maximum absolute atomic E-state index is 14.0. The van der Waals surface area contributed by atoms with Crippen LogP contribution in [0.25, 0.3) is 11.1 Å². The fraction of sp³-hybridized carbons (Fsp3) is 0.556. The van der Waals surface area contributed by atoms with E-state index in [1.807, 2.05) is 46.8 Å². The summed E-state index contributed by atoms with van der Waals surface area (Å²) in [5.41, 5.74) is 2.35. The first-order chi connectivity index (χ1) is 22.7. The molecule has 0 saturated carbocycles. The van der Waals surface area contributed by atoms with Crippen molar-refractivity contribution in [3.63, 3.8) is 0 Å². The highest BCUT2D eigenvalue weighted by Crippen LogP contribution is 2.50. The lowest BCUT2D eigenvalue weighted by Gasteiger charge is -2.38. The van der Waals surface area contributed by atoms with Gasteiger partial charge in [-0.05, 0) is 74.4 Å². The highest BCUT2D eigenvalue weighted by molar-refractivity contribution is 5.86. The number of methoxy groups -OCH3 is 3. The molecule has 1 fully saturated rings. The number of carbonyl (C=O) groups excluding carboxylic acids is 3. The highest BCUT2D eigenvalue weighted by Gasteiger charge is 2.34. The van der Waals surface area contributed by atoms with Gasteiger partial charge in [0.2, 0.25) is 23.0 Å². The second-order valence-corrected chi connectivity index (χ2v) is 13.4. The van der Waals surface area contributed by atoms with Gasteiger partial charge >= 0.3 is 6.09 Å². The molecular weight excluding hydrogens is 616 g/mol. The van der Waals surface area contributed by atoms with Crippen molar-refractivity contribution in [3.8, 4) is 28.4 Å². The summed E-state index contributed by atoms with van der Waals surface area (Å²) in [4.78, 5) is 56.2. The van der Waals surface area contributed by atoms with Crippen molar-refractivity contribution in [1.29, 1.82) is 0 Å². The van der Waals surface area contributed by atoms with Crippen LogP contribution in [-0.4, -0.2) is 86.9 Å². The van der Waals surface area contributed by atoms with Crippen LogP contribution < -0.4 is 30.3 Å². The molecule has 0 spiro atoms. The minimum atomic E-state index is -0.685. The molecular formula is C36H50N4O8. The summed E-state index contributed by atoms with van der Waals surface area (Å²) in [5, 5.41) is 6.32. The molecule has 262 valence electrons. The van der Waals surface area contributed by atoms with Gasteiger partial charge in [0.1, 0.15) is 11.6 Å². The number of nitrogens with zero attached hydrogens (tertiary/aromatic N) is 2. The van der Waals surface area contributed by atoms with Crippen LogP contribution in [0.2, 0.25) is 0 Å². The molecule has 0 aromatic heterocycles. The van der Waals surface area contributed by atoms with Gasteiger partial charge in [0.25, 0.3) is 0 Å². The van der Waals surface area contributed by atoms with E-state index in [0.717, 1.165) is 11.1 Å². The molecule has 0 radical (unpaired) electrons. The molecule has 1 heterocycles. The Bertz CT molecular complexity index is 1580. The molecule has 2 aliphatic rings. The summed E-state index contributed by atoms with van der Waals surface area (Å²) in [7, 11) is 4.65. The predicted octanol–water partition coefficient (Wildman–Crippen LogP) is 4.77. The normalized spacial score (nSPS) is 17.1. The van der Waals surface area contributed by atoms with E-state index in [1.165, 1.54) is 14.0 Å². The number of nitrogens with one attached hydrogen (secondary N) is 2. The minimum Gasteiger partial charge on any atom is -0.493 e. The number of hydrogen-bond acceptors (Lipinski definition) is 9. The summed E-state index contributed by atoms with van der Waals surface area (Å²) in [6.07, 6.45) is 1.42. The van der Waals surface area contributed by atoms with Crippen LogP contribution in [-0.2, 0) is 20.7 Å². The first-order valence-electron chi connectivity index (χ1n) is 16.5. The molecule has 2 aromatic rings. The number of fused-ring (bicyclic) bond motifs is 3. The monoisotopic (exact) mass is 666 g/mol. The van der Waals surface area contributed by atoms with Crippen LogP contribution in [0, 0.1) is 5.92 Å². The Kier molecular flexibility index (Phi) is 11.5. The Morgan fingerprint density at radius 3 is 2.17 bits per heavy atom. The molecule has 2 N–H and O–H groups in total. The average molecular weight is 667 g/mol. The molecule has 1 aliphatic carbocycles. The zero-order valence-corrected chi connectivity index (χ0v) is 29.7. The molecule has 12 nitrogen and oxygen atoms in total. The second kappa shape index (κ2) is 15.2. The van der Waals surface area contributed by atoms with Crippen LogP contribution in [0.4, 0.5) is 10.5 Å². The van der Waals surface area contributed by atoms with Crippen LogP contribution in [0.5, 0.6) is 17.2 Å². The molecule has 0 unspecified atom stereocenters. The number of ether oxygens (including phenoxy) is 4. The number of aryl methyl sites for hydroxylation is 1. The van der Waals surface area contributed by atoms with Crippen molar-refractivity contribution in [2.75, 3.05) is 52.8 Å². The van der Waals surface area contributed by atoms with Crippen molar-refractivity contribution in [1.82, 2.24) is 15.1 Å². The summed E-state index contributed by atoms with van der Waals surface area (Å²) in [5.74, 6) is 0.939. The van der Waals surface area contributed by atoms with Gasteiger partial charge in [-0.2, -0.15) is 0 Å². The van der Waals surface area contributed by atoms with Crippen molar-refractivity contribution in [2.45, 2.75) is 78.5 Å². The van der Waals surface area contributed by atoms with E-state index in [0.29, 0.717) is 73.8 Å². The van der Waals surface area contributed by atoms with Gasteiger partial charge in [-0.25, -0.2) is 4.79 Å². The van der Waals surface area contributed by atoms with Gasteiger partial charge in [-0.1, -0.05) is 26.3 Å². The highest BCUT2D eigenvalue weighted by atomic mass is 16.6. The summed E-state index contributed by atoms with van der Waals surface area (Å²) in [6, 6.07) is 5.84. The van der Waals surface area contributed by atoms with E-state index < -0.39 is 23.8 Å². The SMILES string of the molecule is CC[C@H](C)[C@@H](Nc1ccc2c(cc1=O)[C@@H](NC(C)=O)CCc1cc(OC)c(OC)c(OC)c1-2)C(=O)N1CCN(C(=O)OC(C)(C)C)CC1. The quantitative estimate of drug-likeness (QED) is 0.388. The molecule has 48 heavy (non-hydrogen) atoms. The number of anilines is 1. The summed E-state index contributed by atoms with van der Waals surface area (Å²) in [6.45, 7) is 12.3. The zero-order chi connectivity index (χ0) is 35.3. The maximum Gasteiger partial charge on any atom is 0.410 e. The Morgan fingerprint density at radius 2 is 1.60 bits per heavy atom. The van der Waals surface area contributed by atoms with Gasteiger partial charge < -0.3 is 39.4 Å². The first-order valence-corrected chi connectivity index (χ1v) is 16.5. The molecule has 3 amide bonds. The first kappa shape index (κ1) is 36.4. The largest absolute Gasteiger partial charge is 0.493 e. The molecule has 4 rings (SSSR count). The maximum atomic E-state index is 14.0. The molecule has 1 saturated heterocycles. The third kappa shape index (κ3) is 7.96. The number of hydrogen-bond donors (Lipinski definition) is 2. The summed E-state index contributed by atoms with van der Waals surface area (Å²) >= 11 is 0. The number of carbonyl (C=O) groups is 3. The van der Waals surface area contributed by atoms with E-state index >= 15 is 0 Å². The standard InChI is InChI=1S/C36H50N4O8/c1-10-21(2)31(34(43)39-15-17-40(18-16-39)35(44)48-36(4,5)6)38-27-14-12-24-25(20-28(27)42)26(37-22(3)41)13-11-23-19-29(45-7)32(46-8)33(47-9)30(23)24/h12,14,19-21,26,31H,10-11,13,15-18H2,1-9H3,(H,37,41)(H,38,42)/t21-,26-,31+/m0/s1. The van der Waals surface area contributed by atoms with Gasteiger partial charge in [0, 0.05) is 38.7 Å². The molecule has 3 atom stereocenters. The number of piperazine rings is 1. The summed E-state index contributed by atoms with van der Waals surface area (Å²) < 4.78 is 22.7. The second-order valence-electron chi connectivity index (χ2n) is 13.4. The molecule has 1 aliphatic heterocycles. The van der Waals surface area contributed by atoms with E-state index in [4.69, 9.17) is 18.9 Å².